The highest BCUT2D eigenvalue weighted by Gasteiger charge is 2.36. The number of para-hydroxylation sites is 2. The molecule has 3 amide bonds. The van der Waals surface area contributed by atoms with Gasteiger partial charge in [-0.15, -0.1) is 0 Å². The fourth-order valence-electron chi connectivity index (χ4n) is 3.42. The smallest absolute Gasteiger partial charge is 0.253 e. The molecule has 0 radical (unpaired) electrons. The molecule has 2 N–H and O–H groups in total. The molecule has 0 spiro atoms. The summed E-state index contributed by atoms with van der Waals surface area (Å²) in [5.41, 5.74) is 2.28. The van der Waals surface area contributed by atoms with Crippen molar-refractivity contribution in [1.29, 1.82) is 0 Å². The van der Waals surface area contributed by atoms with Crippen molar-refractivity contribution in [3.63, 3.8) is 0 Å². The van der Waals surface area contributed by atoms with E-state index in [4.69, 9.17) is 0 Å². The first kappa shape index (κ1) is 20.6. The molecule has 6 heteroatoms. The zero-order valence-corrected chi connectivity index (χ0v) is 17.3. The molecule has 0 aliphatic carbocycles. The Labute approximate surface area is 171 Å². The molecule has 2 aromatic carbocycles. The lowest BCUT2D eigenvalue weighted by Crippen LogP contribution is -2.41. The number of nitrogens with one attached hydrogen (secondary N) is 2. The average Bonchev–Trinajstić information content (AvgIpc) is 3.03. The number of nitrogens with zero attached hydrogens (tertiary/aromatic N) is 1. The van der Waals surface area contributed by atoms with Crippen LogP contribution in [0.4, 0.5) is 11.4 Å². The summed E-state index contributed by atoms with van der Waals surface area (Å²) in [6.45, 7) is 7.97. The number of benzene rings is 2. The van der Waals surface area contributed by atoms with Gasteiger partial charge in [-0.3, -0.25) is 14.4 Å². The maximum absolute atomic E-state index is 12.9. The van der Waals surface area contributed by atoms with Crippen molar-refractivity contribution in [3.05, 3.63) is 59.7 Å². The Morgan fingerprint density at radius 2 is 1.69 bits per heavy atom. The number of carbonyl (C=O) groups is 3. The zero-order chi connectivity index (χ0) is 21.2. The molecule has 2 aromatic rings. The molecule has 6 nitrogen and oxygen atoms in total. The minimum absolute atomic E-state index is 0.0711. The highest BCUT2D eigenvalue weighted by Crippen LogP contribution is 2.28. The van der Waals surface area contributed by atoms with E-state index in [1.807, 2.05) is 52.0 Å². The highest BCUT2D eigenvalue weighted by molar-refractivity contribution is 6.07. The molecule has 29 heavy (non-hydrogen) atoms. The summed E-state index contributed by atoms with van der Waals surface area (Å²) in [5, 5.41) is 5.76. The number of amides is 3. The van der Waals surface area contributed by atoms with Crippen molar-refractivity contribution in [2.45, 2.75) is 39.7 Å². The number of anilines is 2. The molecular weight excluding hydrogens is 366 g/mol. The maximum atomic E-state index is 12.9. The first-order chi connectivity index (χ1) is 13.7. The molecule has 0 aromatic heterocycles. The van der Waals surface area contributed by atoms with Gasteiger partial charge in [0.05, 0.1) is 17.2 Å². The highest BCUT2D eigenvalue weighted by atomic mass is 16.2. The van der Waals surface area contributed by atoms with Crippen molar-refractivity contribution in [3.8, 4) is 0 Å². The van der Waals surface area contributed by atoms with Crippen LogP contribution in [0, 0.1) is 12.8 Å². The van der Waals surface area contributed by atoms with E-state index < -0.39 is 5.92 Å². The largest absolute Gasteiger partial charge is 0.347 e. The minimum Gasteiger partial charge on any atom is -0.347 e. The van der Waals surface area contributed by atoms with Crippen LogP contribution in [0.3, 0.4) is 0 Å². The van der Waals surface area contributed by atoms with E-state index in [0.29, 0.717) is 17.8 Å². The zero-order valence-electron chi connectivity index (χ0n) is 17.3. The minimum atomic E-state index is -0.471. The summed E-state index contributed by atoms with van der Waals surface area (Å²) in [6, 6.07) is 14.5. The lowest BCUT2D eigenvalue weighted by Gasteiger charge is -2.22. The van der Waals surface area contributed by atoms with Crippen LogP contribution in [0.25, 0.3) is 0 Å². The van der Waals surface area contributed by atoms with Crippen molar-refractivity contribution >= 4 is 29.1 Å². The van der Waals surface area contributed by atoms with Gasteiger partial charge in [-0.25, -0.2) is 0 Å². The van der Waals surface area contributed by atoms with E-state index in [0.717, 1.165) is 11.3 Å². The van der Waals surface area contributed by atoms with Gasteiger partial charge in [-0.1, -0.05) is 30.3 Å². The van der Waals surface area contributed by atoms with E-state index >= 15 is 0 Å². The van der Waals surface area contributed by atoms with Crippen molar-refractivity contribution < 1.29 is 14.4 Å². The van der Waals surface area contributed by atoms with Crippen LogP contribution in [-0.2, 0) is 9.59 Å². The van der Waals surface area contributed by atoms with Crippen LogP contribution < -0.4 is 15.5 Å². The van der Waals surface area contributed by atoms with Gasteiger partial charge in [0.15, 0.2) is 0 Å². The quantitative estimate of drug-likeness (QED) is 0.834. The Morgan fingerprint density at radius 3 is 2.38 bits per heavy atom. The summed E-state index contributed by atoms with van der Waals surface area (Å²) in [6.07, 6.45) is 0.149. The number of hydrogen-bond acceptors (Lipinski definition) is 3. The third-order valence-electron chi connectivity index (χ3n) is 4.82. The lowest BCUT2D eigenvalue weighted by molar-refractivity contribution is -0.122. The summed E-state index contributed by atoms with van der Waals surface area (Å²) in [5.74, 6) is -1.05. The molecule has 0 saturated carbocycles. The van der Waals surface area contributed by atoms with Crippen LogP contribution >= 0.6 is 0 Å². The number of aryl methyl sites for hydroxylation is 1. The normalized spacial score (nSPS) is 16.6. The summed E-state index contributed by atoms with van der Waals surface area (Å²) in [7, 11) is 0. The maximum Gasteiger partial charge on any atom is 0.253 e. The Kier molecular flexibility index (Phi) is 5.73. The topological polar surface area (TPSA) is 78.5 Å². The van der Waals surface area contributed by atoms with Crippen LogP contribution in [0.1, 0.15) is 43.1 Å². The van der Waals surface area contributed by atoms with Crippen molar-refractivity contribution in [2.75, 3.05) is 16.8 Å². The molecular formula is C23H27N3O3. The third kappa shape index (κ3) is 4.83. The SMILES string of the molecule is Cc1ccccc1N1CC(C(=O)Nc2ccccc2C(=O)NC(C)(C)C)CC1=O. The molecule has 1 aliphatic rings. The Morgan fingerprint density at radius 1 is 1.03 bits per heavy atom. The Bertz CT molecular complexity index is 946. The van der Waals surface area contributed by atoms with Gasteiger partial charge in [0.1, 0.15) is 0 Å². The molecule has 1 saturated heterocycles. The van der Waals surface area contributed by atoms with E-state index in [2.05, 4.69) is 10.6 Å². The van der Waals surface area contributed by atoms with Gasteiger partial charge in [0, 0.05) is 24.2 Å². The molecule has 1 fully saturated rings. The number of rotatable bonds is 4. The molecule has 1 atom stereocenters. The van der Waals surface area contributed by atoms with E-state index in [1.165, 1.54) is 0 Å². The van der Waals surface area contributed by atoms with Crippen LogP contribution in [0.15, 0.2) is 48.5 Å². The third-order valence-corrected chi connectivity index (χ3v) is 4.82. The first-order valence-electron chi connectivity index (χ1n) is 9.74. The van der Waals surface area contributed by atoms with Crippen LogP contribution in [-0.4, -0.2) is 29.8 Å². The van der Waals surface area contributed by atoms with Gasteiger partial charge in [0.2, 0.25) is 11.8 Å². The molecule has 0 bridgehead atoms. The van der Waals surface area contributed by atoms with E-state index in [1.54, 1.807) is 29.2 Å². The molecule has 1 aliphatic heterocycles. The fraction of sp³-hybridized carbons (Fsp3) is 0.348. The summed E-state index contributed by atoms with van der Waals surface area (Å²) in [4.78, 5) is 39.6. The molecule has 1 unspecified atom stereocenters. The molecule has 152 valence electrons. The Balaban J connectivity index is 1.74. The van der Waals surface area contributed by atoms with Gasteiger partial charge >= 0.3 is 0 Å². The van der Waals surface area contributed by atoms with Crippen molar-refractivity contribution in [2.24, 2.45) is 5.92 Å². The van der Waals surface area contributed by atoms with Gasteiger partial charge in [-0.2, -0.15) is 0 Å². The van der Waals surface area contributed by atoms with Crippen molar-refractivity contribution in [1.82, 2.24) is 5.32 Å². The number of carbonyl (C=O) groups excluding carboxylic acids is 3. The van der Waals surface area contributed by atoms with E-state index in [9.17, 15) is 14.4 Å². The predicted molar refractivity (Wildman–Crippen MR) is 114 cm³/mol. The second kappa shape index (κ2) is 8.07. The summed E-state index contributed by atoms with van der Waals surface area (Å²) < 4.78 is 0. The standard InChI is InChI=1S/C23H27N3O3/c1-15-9-5-8-12-19(15)26-14-16(13-20(26)27)21(28)24-18-11-7-6-10-17(18)22(29)25-23(2,3)4/h5-12,16H,13-14H2,1-4H3,(H,24,28)(H,25,29). The number of hydrogen-bond donors (Lipinski definition) is 2. The average molecular weight is 393 g/mol. The fourth-order valence-corrected chi connectivity index (χ4v) is 3.42. The Hall–Kier alpha value is -3.15. The van der Waals surface area contributed by atoms with E-state index in [-0.39, 0.29) is 29.7 Å². The monoisotopic (exact) mass is 393 g/mol. The van der Waals surface area contributed by atoms with Gasteiger partial charge in [-0.05, 0) is 51.5 Å². The summed E-state index contributed by atoms with van der Waals surface area (Å²) >= 11 is 0. The van der Waals surface area contributed by atoms with Crippen LogP contribution in [0.5, 0.6) is 0 Å². The lowest BCUT2D eigenvalue weighted by atomic mass is 10.1. The van der Waals surface area contributed by atoms with Gasteiger partial charge < -0.3 is 15.5 Å². The predicted octanol–water partition coefficient (Wildman–Crippen LogP) is 3.51. The molecule has 1 heterocycles. The molecule has 3 rings (SSSR count). The second-order valence-corrected chi connectivity index (χ2v) is 8.43. The second-order valence-electron chi connectivity index (χ2n) is 8.43. The first-order valence-corrected chi connectivity index (χ1v) is 9.74. The van der Waals surface area contributed by atoms with Crippen LogP contribution in [0.2, 0.25) is 0 Å². The van der Waals surface area contributed by atoms with Gasteiger partial charge in [0.25, 0.3) is 5.91 Å².